The van der Waals surface area contributed by atoms with Gasteiger partial charge in [0.25, 0.3) is 0 Å². The topological polar surface area (TPSA) is 12.0 Å². The Labute approximate surface area is 125 Å². The van der Waals surface area contributed by atoms with E-state index < -0.39 is 11.6 Å². The van der Waals surface area contributed by atoms with Gasteiger partial charge in [0.15, 0.2) is 0 Å². The van der Waals surface area contributed by atoms with Crippen molar-refractivity contribution < 1.29 is 8.78 Å². The summed E-state index contributed by atoms with van der Waals surface area (Å²) >= 11 is 0. The van der Waals surface area contributed by atoms with Crippen molar-refractivity contribution >= 4 is 0 Å². The molecule has 2 aromatic rings. The van der Waals surface area contributed by atoms with Crippen molar-refractivity contribution in [1.29, 1.82) is 0 Å². The smallest absolute Gasteiger partial charge is 0.133 e. The average Bonchev–Trinajstić information content (AvgIpc) is 2.48. The molecule has 0 saturated carbocycles. The molecule has 0 amide bonds. The van der Waals surface area contributed by atoms with Crippen LogP contribution >= 0.6 is 0 Å². The van der Waals surface area contributed by atoms with Crippen LogP contribution < -0.4 is 5.32 Å². The van der Waals surface area contributed by atoms with E-state index in [1.54, 1.807) is 13.0 Å². The van der Waals surface area contributed by atoms with E-state index in [9.17, 15) is 8.78 Å². The predicted molar refractivity (Wildman–Crippen MR) is 83.2 cm³/mol. The predicted octanol–water partition coefficient (Wildman–Crippen LogP) is 5.00. The quantitative estimate of drug-likeness (QED) is 0.816. The van der Waals surface area contributed by atoms with E-state index in [1.807, 2.05) is 24.3 Å². The number of nitrogens with one attached hydrogen (secondary N) is 1. The highest BCUT2D eigenvalue weighted by atomic mass is 19.1. The van der Waals surface area contributed by atoms with Crippen LogP contribution in [0.15, 0.2) is 36.4 Å². The van der Waals surface area contributed by atoms with Gasteiger partial charge in [0.05, 0.1) is 0 Å². The van der Waals surface area contributed by atoms with Crippen LogP contribution in [0.4, 0.5) is 8.78 Å². The van der Waals surface area contributed by atoms with E-state index in [1.165, 1.54) is 0 Å². The molecule has 1 atom stereocenters. The summed E-state index contributed by atoms with van der Waals surface area (Å²) in [5, 5.41) is 3.41. The molecule has 0 saturated heterocycles. The molecule has 0 aliphatic carbocycles. The first kappa shape index (κ1) is 15.6. The van der Waals surface area contributed by atoms with Crippen LogP contribution in [-0.2, 0) is 0 Å². The van der Waals surface area contributed by atoms with Crippen LogP contribution in [0, 0.1) is 18.6 Å². The maximum Gasteiger partial charge on any atom is 0.133 e. The largest absolute Gasteiger partial charge is 0.310 e. The summed E-state index contributed by atoms with van der Waals surface area (Å²) in [4.78, 5) is 0. The average molecular weight is 289 g/mol. The van der Waals surface area contributed by atoms with Crippen molar-refractivity contribution in [3.63, 3.8) is 0 Å². The van der Waals surface area contributed by atoms with Crippen LogP contribution in [0.25, 0.3) is 11.1 Å². The van der Waals surface area contributed by atoms with E-state index in [4.69, 9.17) is 0 Å². The summed E-state index contributed by atoms with van der Waals surface area (Å²) in [5.74, 6) is -1.03. The van der Waals surface area contributed by atoms with E-state index in [0.29, 0.717) is 11.1 Å². The van der Waals surface area contributed by atoms with E-state index >= 15 is 0 Å². The summed E-state index contributed by atoms with van der Waals surface area (Å²) < 4.78 is 27.4. The monoisotopic (exact) mass is 289 g/mol. The van der Waals surface area contributed by atoms with Crippen molar-refractivity contribution in [2.45, 2.75) is 33.2 Å². The Morgan fingerprint density at radius 2 is 1.86 bits per heavy atom. The lowest BCUT2D eigenvalue weighted by molar-refractivity contribution is 0.570. The second-order valence-corrected chi connectivity index (χ2v) is 5.38. The Bertz CT molecular complexity index is 623. The first-order valence-electron chi connectivity index (χ1n) is 7.32. The highest BCUT2D eigenvalue weighted by molar-refractivity contribution is 5.66. The van der Waals surface area contributed by atoms with E-state index in [2.05, 4.69) is 19.2 Å². The van der Waals surface area contributed by atoms with Gasteiger partial charge in [-0.15, -0.1) is 0 Å². The summed E-state index contributed by atoms with van der Waals surface area (Å²) in [7, 11) is 0. The molecule has 2 aromatic carbocycles. The SMILES string of the molecule is CCCNC(C)c1cccc(-c2cc(C)c(F)cc2F)c1. The molecule has 3 heteroatoms. The molecule has 112 valence electrons. The summed E-state index contributed by atoms with van der Waals surface area (Å²) in [6.45, 7) is 6.79. The van der Waals surface area contributed by atoms with Gasteiger partial charge in [-0.3, -0.25) is 0 Å². The number of halogens is 2. The minimum Gasteiger partial charge on any atom is -0.310 e. The van der Waals surface area contributed by atoms with Crippen molar-refractivity contribution in [2.24, 2.45) is 0 Å². The molecule has 0 bridgehead atoms. The first-order chi connectivity index (χ1) is 10.0. The van der Waals surface area contributed by atoms with Gasteiger partial charge in [-0.05, 0) is 55.6 Å². The maximum absolute atomic E-state index is 14.0. The third kappa shape index (κ3) is 3.67. The lowest BCUT2D eigenvalue weighted by atomic mass is 9.98. The zero-order valence-electron chi connectivity index (χ0n) is 12.7. The van der Waals surface area contributed by atoms with Gasteiger partial charge in [0, 0.05) is 17.7 Å². The van der Waals surface area contributed by atoms with Gasteiger partial charge in [0.2, 0.25) is 0 Å². The first-order valence-corrected chi connectivity index (χ1v) is 7.32. The third-order valence-corrected chi connectivity index (χ3v) is 3.65. The van der Waals surface area contributed by atoms with Crippen LogP contribution in [0.3, 0.4) is 0 Å². The zero-order valence-corrected chi connectivity index (χ0v) is 12.7. The van der Waals surface area contributed by atoms with Crippen LogP contribution in [0.5, 0.6) is 0 Å². The highest BCUT2D eigenvalue weighted by Crippen LogP contribution is 2.27. The van der Waals surface area contributed by atoms with Crippen molar-refractivity contribution in [1.82, 2.24) is 5.32 Å². The summed E-state index contributed by atoms with van der Waals surface area (Å²) in [5.41, 5.74) is 2.77. The van der Waals surface area contributed by atoms with E-state index in [-0.39, 0.29) is 6.04 Å². The molecule has 0 heterocycles. The molecule has 0 spiro atoms. The minimum atomic E-state index is -0.524. The van der Waals surface area contributed by atoms with Crippen LogP contribution in [-0.4, -0.2) is 6.54 Å². The van der Waals surface area contributed by atoms with Gasteiger partial charge in [-0.2, -0.15) is 0 Å². The molecule has 21 heavy (non-hydrogen) atoms. The Balaban J connectivity index is 2.35. The lowest BCUT2D eigenvalue weighted by Gasteiger charge is -2.15. The second kappa shape index (κ2) is 6.81. The van der Waals surface area contributed by atoms with Crippen molar-refractivity contribution in [3.05, 3.63) is 59.2 Å². The summed E-state index contributed by atoms with van der Waals surface area (Å²) in [6, 6.07) is 10.5. The van der Waals surface area contributed by atoms with Crippen molar-refractivity contribution in [2.75, 3.05) is 6.54 Å². The standard InChI is InChI=1S/C18H21F2N/c1-4-8-21-13(3)14-6-5-7-15(10-14)16-9-12(2)17(19)11-18(16)20/h5-7,9-11,13,21H,4,8H2,1-3H3. The molecule has 2 rings (SSSR count). The molecular formula is C18H21F2N. The van der Waals surface area contributed by atoms with Crippen molar-refractivity contribution in [3.8, 4) is 11.1 Å². The Morgan fingerprint density at radius 1 is 1.10 bits per heavy atom. The summed E-state index contributed by atoms with van der Waals surface area (Å²) in [6.07, 6.45) is 1.07. The van der Waals surface area contributed by atoms with Gasteiger partial charge < -0.3 is 5.32 Å². The molecule has 1 nitrogen and oxygen atoms in total. The Morgan fingerprint density at radius 3 is 2.57 bits per heavy atom. The number of hydrogen-bond acceptors (Lipinski definition) is 1. The third-order valence-electron chi connectivity index (χ3n) is 3.65. The van der Waals surface area contributed by atoms with E-state index in [0.717, 1.165) is 30.2 Å². The normalized spacial score (nSPS) is 12.4. The fraction of sp³-hybridized carbons (Fsp3) is 0.333. The molecule has 0 aliphatic heterocycles. The Kier molecular flexibility index (Phi) is 5.07. The maximum atomic E-state index is 14.0. The highest BCUT2D eigenvalue weighted by Gasteiger charge is 2.11. The molecule has 0 radical (unpaired) electrons. The van der Waals surface area contributed by atoms with Gasteiger partial charge in [-0.25, -0.2) is 8.78 Å². The second-order valence-electron chi connectivity index (χ2n) is 5.38. The van der Waals surface area contributed by atoms with Gasteiger partial charge in [-0.1, -0.05) is 25.1 Å². The lowest BCUT2D eigenvalue weighted by Crippen LogP contribution is -2.19. The number of aryl methyl sites for hydroxylation is 1. The number of hydrogen-bond donors (Lipinski definition) is 1. The van der Waals surface area contributed by atoms with Crippen LogP contribution in [0.2, 0.25) is 0 Å². The molecule has 1 N–H and O–H groups in total. The minimum absolute atomic E-state index is 0.203. The molecular weight excluding hydrogens is 268 g/mol. The van der Waals surface area contributed by atoms with Gasteiger partial charge in [0.1, 0.15) is 11.6 Å². The fourth-order valence-corrected chi connectivity index (χ4v) is 2.33. The Hall–Kier alpha value is -1.74. The number of benzene rings is 2. The van der Waals surface area contributed by atoms with Gasteiger partial charge >= 0.3 is 0 Å². The molecule has 1 unspecified atom stereocenters. The zero-order chi connectivity index (χ0) is 15.4. The molecule has 0 aliphatic rings. The molecule has 0 aromatic heterocycles. The fourth-order valence-electron chi connectivity index (χ4n) is 2.33. The van der Waals surface area contributed by atoms with Crippen LogP contribution in [0.1, 0.15) is 37.4 Å². The number of rotatable bonds is 5. The molecule has 0 fully saturated rings.